The molecule has 302 valence electrons. The maximum Gasteiger partial charge on any atom is 0.469 e. The van der Waals surface area contributed by atoms with Crippen LogP contribution in [0.15, 0.2) is 48.6 Å². The topological polar surface area (TPSA) is 119 Å². The number of unbranched alkanes of at least 4 members (excludes halogenated alkanes) is 23. The third kappa shape index (κ3) is 40.8. The van der Waals surface area contributed by atoms with Crippen LogP contribution in [0.5, 0.6) is 0 Å². The summed E-state index contributed by atoms with van der Waals surface area (Å²) in [7, 11) is -4.76. The number of rotatable bonds is 38. The Bertz CT molecular complexity index is 984. The molecule has 2 N–H and O–H groups in total. The molecule has 0 rings (SSSR count). The SMILES string of the molecule is CC/C=C/C=C/C=C/C=C/CCCCCCCC(=O)O[C@H](COC(=O)CCCCCCCCCCCCCCCCCCCCC)COP(=O)(O)O. The van der Waals surface area contributed by atoms with Gasteiger partial charge in [0.25, 0.3) is 0 Å². The van der Waals surface area contributed by atoms with Crippen LogP contribution in [-0.4, -0.2) is 41.0 Å². The number of carbonyl (C=O) groups excluding carboxylic acids is 2. The van der Waals surface area contributed by atoms with Gasteiger partial charge in [-0.2, -0.15) is 0 Å². The van der Waals surface area contributed by atoms with E-state index in [9.17, 15) is 14.2 Å². The van der Waals surface area contributed by atoms with Crippen molar-refractivity contribution in [1.29, 1.82) is 0 Å². The molecule has 0 radical (unpaired) electrons. The molecule has 1 atom stereocenters. The van der Waals surface area contributed by atoms with Gasteiger partial charge in [-0.3, -0.25) is 14.1 Å². The lowest BCUT2D eigenvalue weighted by atomic mass is 10.0. The van der Waals surface area contributed by atoms with Crippen molar-refractivity contribution in [2.24, 2.45) is 0 Å². The molecule has 0 heterocycles. The molecule has 0 amide bonds. The highest BCUT2D eigenvalue weighted by molar-refractivity contribution is 7.46. The van der Waals surface area contributed by atoms with Crippen molar-refractivity contribution in [3.05, 3.63) is 48.6 Å². The van der Waals surface area contributed by atoms with Crippen LogP contribution in [0, 0.1) is 0 Å². The number of hydrogen-bond acceptors (Lipinski definition) is 6. The molecule has 0 spiro atoms. The molecule has 0 aromatic carbocycles. The summed E-state index contributed by atoms with van der Waals surface area (Å²) in [5.74, 6) is -0.908. The number of carbonyl (C=O) groups is 2. The third-order valence-corrected chi connectivity index (χ3v) is 9.44. The van der Waals surface area contributed by atoms with E-state index in [4.69, 9.17) is 19.3 Å². The molecule has 9 heteroatoms. The number of allylic oxidation sites excluding steroid dienone is 8. The van der Waals surface area contributed by atoms with Crippen LogP contribution >= 0.6 is 7.82 Å². The van der Waals surface area contributed by atoms with Gasteiger partial charge in [0.2, 0.25) is 0 Å². The number of phosphoric acid groups is 1. The summed E-state index contributed by atoms with van der Waals surface area (Å²) >= 11 is 0. The van der Waals surface area contributed by atoms with Crippen molar-refractivity contribution < 1.29 is 37.9 Å². The lowest BCUT2D eigenvalue weighted by Gasteiger charge is -2.18. The Morgan fingerprint density at radius 3 is 1.38 bits per heavy atom. The molecular formula is C43H77O8P. The molecule has 0 fully saturated rings. The van der Waals surface area contributed by atoms with Gasteiger partial charge in [0.1, 0.15) is 6.61 Å². The zero-order valence-corrected chi connectivity index (χ0v) is 34.1. The fraction of sp³-hybridized carbons (Fsp3) is 0.767. The smallest absolute Gasteiger partial charge is 0.462 e. The molecule has 0 unspecified atom stereocenters. The summed E-state index contributed by atoms with van der Waals surface area (Å²) in [6, 6.07) is 0. The Kier molecular flexibility index (Phi) is 37.2. The van der Waals surface area contributed by atoms with Gasteiger partial charge in [-0.05, 0) is 32.1 Å². The first kappa shape index (κ1) is 50.0. The highest BCUT2D eigenvalue weighted by Gasteiger charge is 2.22. The van der Waals surface area contributed by atoms with Gasteiger partial charge in [0.05, 0.1) is 6.61 Å². The first-order chi connectivity index (χ1) is 25.3. The lowest BCUT2D eigenvalue weighted by molar-refractivity contribution is -0.161. The highest BCUT2D eigenvalue weighted by Crippen LogP contribution is 2.36. The average Bonchev–Trinajstić information content (AvgIpc) is 3.11. The molecule has 0 aliphatic heterocycles. The average molecular weight is 753 g/mol. The second-order valence-corrected chi connectivity index (χ2v) is 15.3. The van der Waals surface area contributed by atoms with Gasteiger partial charge < -0.3 is 19.3 Å². The van der Waals surface area contributed by atoms with Crippen LogP contribution in [0.25, 0.3) is 0 Å². The van der Waals surface area contributed by atoms with Gasteiger partial charge in [0.15, 0.2) is 6.10 Å². The second kappa shape index (κ2) is 38.7. The van der Waals surface area contributed by atoms with E-state index in [0.29, 0.717) is 6.42 Å². The Morgan fingerprint density at radius 2 is 0.923 bits per heavy atom. The van der Waals surface area contributed by atoms with Gasteiger partial charge >= 0.3 is 19.8 Å². The van der Waals surface area contributed by atoms with Crippen LogP contribution in [-0.2, 0) is 28.2 Å². The third-order valence-electron chi connectivity index (χ3n) is 8.96. The lowest BCUT2D eigenvalue weighted by Crippen LogP contribution is -2.29. The minimum Gasteiger partial charge on any atom is -0.462 e. The van der Waals surface area contributed by atoms with E-state index in [1.165, 1.54) is 103 Å². The minimum atomic E-state index is -4.76. The van der Waals surface area contributed by atoms with Crippen molar-refractivity contribution in [3.63, 3.8) is 0 Å². The molecule has 0 aromatic rings. The van der Waals surface area contributed by atoms with E-state index in [1.807, 2.05) is 30.4 Å². The van der Waals surface area contributed by atoms with E-state index in [1.54, 1.807) is 0 Å². The monoisotopic (exact) mass is 753 g/mol. The Hall–Kier alpha value is -1.99. The predicted octanol–water partition coefficient (Wildman–Crippen LogP) is 12.7. The number of phosphoric ester groups is 1. The van der Waals surface area contributed by atoms with Crippen molar-refractivity contribution in [2.45, 2.75) is 200 Å². The Morgan fingerprint density at radius 1 is 0.519 bits per heavy atom. The second-order valence-electron chi connectivity index (χ2n) is 14.0. The molecule has 0 aliphatic rings. The Balaban J connectivity index is 3.91. The maximum atomic E-state index is 12.4. The summed E-state index contributed by atoms with van der Waals surface area (Å²) < 4.78 is 26.4. The highest BCUT2D eigenvalue weighted by atomic mass is 31.2. The first-order valence-corrected chi connectivity index (χ1v) is 22.5. The van der Waals surface area contributed by atoms with Gasteiger partial charge in [-0.1, -0.05) is 197 Å². The summed E-state index contributed by atoms with van der Waals surface area (Å²) in [5, 5.41) is 0. The molecule has 52 heavy (non-hydrogen) atoms. The summed E-state index contributed by atoms with van der Waals surface area (Å²) in [5.41, 5.74) is 0. The van der Waals surface area contributed by atoms with E-state index < -0.39 is 32.5 Å². The molecule has 0 saturated heterocycles. The van der Waals surface area contributed by atoms with Crippen LogP contribution in [0.3, 0.4) is 0 Å². The maximum absolute atomic E-state index is 12.4. The van der Waals surface area contributed by atoms with Crippen molar-refractivity contribution >= 4 is 19.8 Å². The van der Waals surface area contributed by atoms with Crippen LogP contribution < -0.4 is 0 Å². The molecule has 0 bridgehead atoms. The fourth-order valence-electron chi connectivity index (χ4n) is 5.85. The zero-order chi connectivity index (χ0) is 38.2. The molecular weight excluding hydrogens is 675 g/mol. The zero-order valence-electron chi connectivity index (χ0n) is 33.2. The van der Waals surface area contributed by atoms with Gasteiger partial charge in [0, 0.05) is 12.8 Å². The van der Waals surface area contributed by atoms with E-state index in [-0.39, 0.29) is 19.4 Å². The normalized spacial score (nSPS) is 12.9. The standard InChI is InChI=1S/C43H77O8P/c1-3-5-7-9-11-13-15-17-19-20-21-22-24-25-27-29-31-33-35-37-42(44)49-39-41(40-50-52(46,47)48)51-43(45)38-36-34-32-30-28-26-23-18-16-14-12-10-8-6-4-2/h6,8,10,12,14,16,18,23,41H,3-5,7,9,11,13,15,17,19-22,24-40H2,1-2H3,(H2,46,47,48)/b8-6+,12-10+,16-14+,23-18+/t41-/m1/s1. The fourth-order valence-corrected chi connectivity index (χ4v) is 6.22. The quantitative estimate of drug-likeness (QED) is 0.0277. The number of esters is 2. The van der Waals surface area contributed by atoms with Gasteiger partial charge in [-0.15, -0.1) is 0 Å². The molecule has 8 nitrogen and oxygen atoms in total. The summed E-state index contributed by atoms with van der Waals surface area (Å²) in [6.07, 6.45) is 46.9. The van der Waals surface area contributed by atoms with Gasteiger partial charge in [-0.25, -0.2) is 4.57 Å². The predicted molar refractivity (Wildman–Crippen MR) is 216 cm³/mol. The van der Waals surface area contributed by atoms with Crippen LogP contribution in [0.1, 0.15) is 194 Å². The minimum absolute atomic E-state index is 0.186. The summed E-state index contributed by atoms with van der Waals surface area (Å²) in [4.78, 5) is 42.8. The first-order valence-electron chi connectivity index (χ1n) is 21.0. The Labute approximate surface area is 318 Å². The molecule has 0 aliphatic carbocycles. The van der Waals surface area contributed by atoms with Crippen LogP contribution in [0.4, 0.5) is 0 Å². The van der Waals surface area contributed by atoms with Crippen molar-refractivity contribution in [1.82, 2.24) is 0 Å². The van der Waals surface area contributed by atoms with Crippen LogP contribution in [0.2, 0.25) is 0 Å². The van der Waals surface area contributed by atoms with E-state index in [0.717, 1.165) is 57.8 Å². The van der Waals surface area contributed by atoms with E-state index >= 15 is 0 Å². The number of ether oxygens (including phenoxy) is 2. The summed E-state index contributed by atoms with van der Waals surface area (Å²) in [6.45, 7) is 3.54. The number of hydrogen-bond donors (Lipinski definition) is 2. The molecule has 0 saturated carbocycles. The van der Waals surface area contributed by atoms with Crippen molar-refractivity contribution in [3.8, 4) is 0 Å². The largest absolute Gasteiger partial charge is 0.469 e. The van der Waals surface area contributed by atoms with E-state index in [2.05, 4.69) is 36.6 Å². The molecule has 0 aromatic heterocycles. The van der Waals surface area contributed by atoms with Crippen molar-refractivity contribution in [2.75, 3.05) is 13.2 Å².